The van der Waals surface area contributed by atoms with Crippen molar-refractivity contribution in [1.29, 1.82) is 0 Å². The molecule has 0 atom stereocenters. The van der Waals surface area contributed by atoms with E-state index in [1.165, 1.54) is 0 Å². The molecule has 1 rings (SSSR count). The van der Waals surface area contributed by atoms with Crippen molar-refractivity contribution in [3.8, 4) is 0 Å². The topological polar surface area (TPSA) is 38.7 Å². The van der Waals surface area contributed by atoms with E-state index in [1.54, 1.807) is 13.8 Å². The summed E-state index contributed by atoms with van der Waals surface area (Å²) in [7, 11) is -0.380. The maximum Gasteiger partial charge on any atom is 0.490 e. The minimum atomic E-state index is -0.926. The van der Waals surface area contributed by atoms with Gasteiger partial charge in [-0.25, -0.2) is 0 Å². The van der Waals surface area contributed by atoms with Gasteiger partial charge in [0.2, 0.25) is 0 Å². The molecule has 0 aliphatic carbocycles. The third-order valence-electron chi connectivity index (χ3n) is 3.81. The molecule has 1 saturated heterocycles. The third kappa shape index (κ3) is 3.05. The quantitative estimate of drug-likeness (QED) is 0.620. The van der Waals surface area contributed by atoms with Gasteiger partial charge < -0.3 is 14.4 Å². The minimum absolute atomic E-state index is 0.344. The average molecular weight is 252 g/mol. The molecule has 0 saturated carbocycles. The fraction of sp³-hybridized carbons (Fsp3) is 0.714. The molecule has 1 aliphatic rings. The van der Waals surface area contributed by atoms with Gasteiger partial charge in [-0.15, -0.1) is 0 Å². The fourth-order valence-electron chi connectivity index (χ4n) is 1.55. The zero-order valence-corrected chi connectivity index (χ0v) is 12.6. The summed E-state index contributed by atoms with van der Waals surface area (Å²) in [5, 5.41) is 9.86. The summed E-state index contributed by atoms with van der Waals surface area (Å²) in [6, 6.07) is 0. The van der Waals surface area contributed by atoms with Crippen LogP contribution in [0.4, 0.5) is 0 Å². The molecule has 0 aromatic carbocycles. The van der Waals surface area contributed by atoms with E-state index < -0.39 is 5.60 Å². The maximum atomic E-state index is 9.86. The second-order valence-corrected chi connectivity index (χ2v) is 6.56. The van der Waals surface area contributed by atoms with E-state index in [9.17, 15) is 5.11 Å². The summed E-state index contributed by atoms with van der Waals surface area (Å²) >= 11 is 0. The van der Waals surface area contributed by atoms with Gasteiger partial charge in [0.1, 0.15) is 0 Å². The smallest absolute Gasteiger partial charge is 0.400 e. The number of hydrogen-bond acceptors (Lipinski definition) is 3. The van der Waals surface area contributed by atoms with Crippen molar-refractivity contribution in [2.75, 3.05) is 0 Å². The van der Waals surface area contributed by atoms with Crippen LogP contribution in [0.25, 0.3) is 0 Å². The highest BCUT2D eigenvalue weighted by molar-refractivity contribution is 6.54. The molecular formula is C14H25BO3. The van der Waals surface area contributed by atoms with E-state index in [-0.39, 0.29) is 18.3 Å². The summed E-state index contributed by atoms with van der Waals surface area (Å²) in [6.45, 7) is 17.3. The molecule has 3 nitrogen and oxygen atoms in total. The summed E-state index contributed by atoms with van der Waals surface area (Å²) in [6.07, 6.45) is 1.84. The minimum Gasteiger partial charge on any atom is -0.400 e. The predicted molar refractivity (Wildman–Crippen MR) is 75.3 cm³/mol. The molecule has 0 unspecified atom stereocenters. The summed E-state index contributed by atoms with van der Waals surface area (Å²) < 4.78 is 11.9. The van der Waals surface area contributed by atoms with Crippen LogP contribution in [0.5, 0.6) is 0 Å². The Morgan fingerprint density at radius 3 is 1.89 bits per heavy atom. The van der Waals surface area contributed by atoms with Crippen LogP contribution in [-0.4, -0.2) is 29.0 Å². The normalized spacial score (nSPS) is 23.3. The second-order valence-electron chi connectivity index (χ2n) is 6.56. The Kier molecular flexibility index (Phi) is 3.88. The zero-order valence-electron chi connectivity index (χ0n) is 12.6. The molecule has 1 aliphatic heterocycles. The van der Waals surface area contributed by atoms with Gasteiger partial charge in [0.25, 0.3) is 0 Å². The Balaban J connectivity index is 2.86. The lowest BCUT2D eigenvalue weighted by Gasteiger charge is -2.32. The van der Waals surface area contributed by atoms with Gasteiger partial charge in [0, 0.05) is 0 Å². The number of hydrogen-bond donors (Lipinski definition) is 1. The van der Waals surface area contributed by atoms with Crippen molar-refractivity contribution < 1.29 is 14.4 Å². The van der Waals surface area contributed by atoms with Crippen molar-refractivity contribution >= 4 is 7.12 Å². The first-order chi connectivity index (χ1) is 7.87. The lowest BCUT2D eigenvalue weighted by atomic mass is 9.77. The van der Waals surface area contributed by atoms with Crippen LogP contribution in [-0.2, 0) is 9.31 Å². The molecule has 0 aromatic rings. The SMILES string of the molecule is C=C(C=C(C)B1OC(C)(C)C(C)(C)O1)C(C)(C)O. The largest absolute Gasteiger partial charge is 0.490 e. The Hall–Kier alpha value is -0.575. The Labute approximate surface area is 111 Å². The van der Waals surface area contributed by atoms with E-state index in [0.29, 0.717) is 5.57 Å². The number of rotatable bonds is 3. The fourth-order valence-corrected chi connectivity index (χ4v) is 1.55. The molecule has 0 spiro atoms. The van der Waals surface area contributed by atoms with E-state index in [4.69, 9.17) is 9.31 Å². The number of aliphatic hydroxyl groups is 1. The maximum absolute atomic E-state index is 9.86. The average Bonchev–Trinajstić information content (AvgIpc) is 2.34. The van der Waals surface area contributed by atoms with Crippen molar-refractivity contribution in [3.63, 3.8) is 0 Å². The van der Waals surface area contributed by atoms with Gasteiger partial charge in [-0.2, -0.15) is 0 Å². The van der Waals surface area contributed by atoms with Gasteiger partial charge in [0.15, 0.2) is 0 Å². The van der Waals surface area contributed by atoms with Crippen LogP contribution in [0, 0.1) is 0 Å². The second kappa shape index (κ2) is 4.51. The van der Waals surface area contributed by atoms with Crippen LogP contribution >= 0.6 is 0 Å². The summed E-state index contributed by atoms with van der Waals surface area (Å²) in [5.74, 6) is 0. The molecule has 4 heteroatoms. The molecule has 1 N–H and O–H groups in total. The van der Waals surface area contributed by atoms with Crippen LogP contribution in [0.1, 0.15) is 48.5 Å². The highest BCUT2D eigenvalue weighted by atomic mass is 16.7. The van der Waals surface area contributed by atoms with Crippen LogP contribution in [0.15, 0.2) is 23.7 Å². The van der Waals surface area contributed by atoms with Crippen molar-refractivity contribution in [3.05, 3.63) is 23.7 Å². The molecule has 1 heterocycles. The Bertz CT molecular complexity index is 359. The van der Waals surface area contributed by atoms with Crippen LogP contribution in [0.2, 0.25) is 0 Å². The van der Waals surface area contributed by atoms with Gasteiger partial charge in [-0.05, 0) is 59.5 Å². The molecule has 102 valence electrons. The van der Waals surface area contributed by atoms with E-state index in [1.807, 2.05) is 40.7 Å². The van der Waals surface area contributed by atoms with Crippen LogP contribution < -0.4 is 0 Å². The molecule has 0 bridgehead atoms. The Morgan fingerprint density at radius 1 is 1.17 bits per heavy atom. The van der Waals surface area contributed by atoms with Gasteiger partial charge in [-0.3, -0.25) is 0 Å². The molecule has 1 fully saturated rings. The molecule has 0 aromatic heterocycles. The lowest BCUT2D eigenvalue weighted by molar-refractivity contribution is 0.00578. The van der Waals surface area contributed by atoms with E-state index in [2.05, 4.69) is 6.58 Å². The van der Waals surface area contributed by atoms with E-state index in [0.717, 1.165) is 5.47 Å². The molecule has 18 heavy (non-hydrogen) atoms. The Morgan fingerprint density at radius 2 is 1.56 bits per heavy atom. The molecule has 0 radical (unpaired) electrons. The predicted octanol–water partition coefficient (Wildman–Crippen LogP) is 2.89. The van der Waals surface area contributed by atoms with Crippen LogP contribution in [0.3, 0.4) is 0 Å². The lowest BCUT2D eigenvalue weighted by Crippen LogP contribution is -2.41. The van der Waals surface area contributed by atoms with E-state index >= 15 is 0 Å². The molecule has 0 amide bonds. The number of allylic oxidation sites excluding steroid dienone is 1. The van der Waals surface area contributed by atoms with Gasteiger partial charge in [0.05, 0.1) is 16.8 Å². The van der Waals surface area contributed by atoms with Crippen molar-refractivity contribution in [2.45, 2.75) is 65.3 Å². The summed E-state index contributed by atoms with van der Waals surface area (Å²) in [5.41, 5.74) is -0.0493. The van der Waals surface area contributed by atoms with Crippen molar-refractivity contribution in [2.24, 2.45) is 0 Å². The highest BCUT2D eigenvalue weighted by Gasteiger charge is 2.51. The zero-order chi connectivity index (χ0) is 14.4. The summed E-state index contributed by atoms with van der Waals surface area (Å²) in [4.78, 5) is 0. The first-order valence-corrected chi connectivity index (χ1v) is 6.32. The molecular weight excluding hydrogens is 227 g/mol. The van der Waals surface area contributed by atoms with Gasteiger partial charge in [-0.1, -0.05) is 12.7 Å². The first-order valence-electron chi connectivity index (χ1n) is 6.32. The standard InChI is InChI=1S/C14H25BO3/c1-10(12(3,4)16)9-11(2)15-17-13(5,6)14(7,8)18-15/h9,16H,1H2,2-8H3. The highest BCUT2D eigenvalue weighted by Crippen LogP contribution is 2.38. The monoisotopic (exact) mass is 252 g/mol. The third-order valence-corrected chi connectivity index (χ3v) is 3.81. The first kappa shape index (κ1) is 15.5. The van der Waals surface area contributed by atoms with Gasteiger partial charge >= 0.3 is 7.12 Å². The van der Waals surface area contributed by atoms with Crippen molar-refractivity contribution in [1.82, 2.24) is 0 Å².